The monoisotopic (exact) mass is 181 g/mol. The summed E-state index contributed by atoms with van der Waals surface area (Å²) in [6.45, 7) is 0. The van der Waals surface area contributed by atoms with Gasteiger partial charge in [0.15, 0.2) is 0 Å². The Morgan fingerprint density at radius 3 is 2.80 bits per heavy atom. The van der Waals surface area contributed by atoms with Crippen molar-refractivity contribution in [3.63, 3.8) is 0 Å². The summed E-state index contributed by atoms with van der Waals surface area (Å²) in [5, 5.41) is 1.78. The minimum absolute atomic E-state index is 0.309. The van der Waals surface area contributed by atoms with Crippen molar-refractivity contribution in [1.82, 2.24) is 4.90 Å². The van der Waals surface area contributed by atoms with Crippen LogP contribution in [0.2, 0.25) is 0 Å². The van der Waals surface area contributed by atoms with Gasteiger partial charge in [-0.3, -0.25) is 4.55 Å². The van der Waals surface area contributed by atoms with Crippen molar-refractivity contribution in [1.29, 1.82) is 0 Å². The largest absolute Gasteiger partial charge is 0.351 e. The number of nitrogens with zero attached hydrogens (tertiary/aromatic N) is 1. The fourth-order valence-corrected chi connectivity index (χ4v) is 2.03. The van der Waals surface area contributed by atoms with Crippen LogP contribution in [0.3, 0.4) is 0 Å². The number of hydrogen-bond acceptors (Lipinski definition) is 4. The van der Waals surface area contributed by atoms with E-state index in [1.807, 2.05) is 0 Å². The Hall–Kier alpha value is -0.200. The predicted molar refractivity (Wildman–Crippen MR) is 39.9 cm³/mol. The molecule has 0 aromatic carbocycles. The Morgan fingerprint density at radius 1 is 1.70 bits per heavy atom. The van der Waals surface area contributed by atoms with Gasteiger partial charge in [0.05, 0.1) is 5.88 Å². The molecule has 0 amide bonds. The van der Waals surface area contributed by atoms with Gasteiger partial charge in [0.25, 0.3) is 10.1 Å². The highest BCUT2D eigenvalue weighted by Crippen LogP contribution is 2.14. The summed E-state index contributed by atoms with van der Waals surface area (Å²) >= 11 is 1.49. The van der Waals surface area contributed by atoms with Crippen molar-refractivity contribution >= 4 is 21.9 Å². The smallest absolute Gasteiger partial charge is 0.283 e. The normalized spacial score (nSPS) is 18.3. The van der Waals surface area contributed by atoms with Crippen LogP contribution in [-0.4, -0.2) is 29.6 Å². The van der Waals surface area contributed by atoms with Crippen LogP contribution in [0.25, 0.3) is 0 Å². The van der Waals surface area contributed by atoms with Crippen LogP contribution in [0.5, 0.6) is 0 Å². The van der Waals surface area contributed by atoms with Gasteiger partial charge >= 0.3 is 0 Å². The van der Waals surface area contributed by atoms with Crippen LogP contribution >= 0.6 is 11.8 Å². The van der Waals surface area contributed by atoms with E-state index in [9.17, 15) is 8.42 Å². The Labute approximate surface area is 63.7 Å². The standard InChI is InChI=1S/C4H7NO3S2/c6-10(7,8)4-5-1-2-9-3-5/h1-2H,3-4H2,(H,6,7,8). The maximum atomic E-state index is 10.3. The number of rotatable bonds is 2. The lowest BCUT2D eigenvalue weighted by atomic mass is 10.9. The van der Waals surface area contributed by atoms with Gasteiger partial charge in [0.2, 0.25) is 0 Å². The molecule has 0 aromatic heterocycles. The molecule has 0 atom stereocenters. The van der Waals surface area contributed by atoms with Gasteiger partial charge in [-0.15, -0.1) is 11.8 Å². The Bertz CT molecular complexity index is 233. The minimum atomic E-state index is -3.85. The molecule has 0 bridgehead atoms. The zero-order chi connectivity index (χ0) is 7.61. The lowest BCUT2D eigenvalue weighted by Gasteiger charge is -2.10. The molecule has 0 aliphatic carbocycles. The third-order valence-electron chi connectivity index (χ3n) is 0.937. The number of hydrogen-bond donors (Lipinski definition) is 1. The summed E-state index contributed by atoms with van der Waals surface area (Å²) in [5.74, 6) is 0.288. The third kappa shape index (κ3) is 2.59. The second kappa shape index (κ2) is 2.81. The van der Waals surface area contributed by atoms with Gasteiger partial charge in [-0.05, 0) is 5.41 Å². The Balaban J connectivity index is 2.47. The van der Waals surface area contributed by atoms with Gasteiger partial charge < -0.3 is 4.90 Å². The molecule has 4 nitrogen and oxygen atoms in total. The maximum absolute atomic E-state index is 10.3. The zero-order valence-electron chi connectivity index (χ0n) is 5.10. The first-order valence-electron chi connectivity index (χ1n) is 2.55. The van der Waals surface area contributed by atoms with Crippen molar-refractivity contribution in [3.05, 3.63) is 11.6 Å². The van der Waals surface area contributed by atoms with Crippen molar-refractivity contribution in [2.75, 3.05) is 11.8 Å². The first kappa shape index (κ1) is 7.90. The van der Waals surface area contributed by atoms with Gasteiger partial charge in [-0.1, -0.05) is 0 Å². The van der Waals surface area contributed by atoms with Crippen molar-refractivity contribution in [3.8, 4) is 0 Å². The first-order valence-corrected chi connectivity index (χ1v) is 5.21. The highest BCUT2D eigenvalue weighted by Gasteiger charge is 2.12. The van der Waals surface area contributed by atoms with E-state index in [4.69, 9.17) is 4.55 Å². The summed E-state index contributed by atoms with van der Waals surface area (Å²) in [4.78, 5) is 1.51. The van der Waals surface area contributed by atoms with Crippen molar-refractivity contribution in [2.45, 2.75) is 0 Å². The van der Waals surface area contributed by atoms with E-state index in [0.29, 0.717) is 5.88 Å². The van der Waals surface area contributed by atoms with Crippen molar-refractivity contribution in [2.24, 2.45) is 0 Å². The van der Waals surface area contributed by atoms with E-state index < -0.39 is 10.1 Å². The van der Waals surface area contributed by atoms with E-state index >= 15 is 0 Å². The summed E-state index contributed by atoms with van der Waals surface area (Å²) in [5.41, 5.74) is 0. The second-order valence-electron chi connectivity index (χ2n) is 1.88. The van der Waals surface area contributed by atoms with Crippen LogP contribution in [0.4, 0.5) is 0 Å². The molecular formula is C4H7NO3S2. The van der Waals surface area contributed by atoms with E-state index in [1.54, 1.807) is 11.6 Å². The van der Waals surface area contributed by atoms with Crippen molar-refractivity contribution < 1.29 is 13.0 Å². The summed E-state index contributed by atoms with van der Waals surface area (Å²) in [6.07, 6.45) is 1.64. The maximum Gasteiger partial charge on any atom is 0.283 e. The molecule has 10 heavy (non-hydrogen) atoms. The fraction of sp³-hybridized carbons (Fsp3) is 0.500. The summed E-state index contributed by atoms with van der Waals surface area (Å²) in [7, 11) is -3.85. The fourth-order valence-electron chi connectivity index (χ4n) is 0.601. The summed E-state index contributed by atoms with van der Waals surface area (Å²) in [6, 6.07) is 0. The lowest BCUT2D eigenvalue weighted by molar-refractivity contribution is 0.435. The molecule has 0 aromatic rings. The highest BCUT2D eigenvalue weighted by molar-refractivity contribution is 8.02. The molecule has 1 aliphatic rings. The van der Waals surface area contributed by atoms with Crippen LogP contribution in [-0.2, 0) is 10.1 Å². The average molecular weight is 181 g/mol. The van der Waals surface area contributed by atoms with Gasteiger partial charge in [0.1, 0.15) is 5.88 Å². The third-order valence-corrected chi connectivity index (χ3v) is 2.39. The molecular weight excluding hydrogens is 174 g/mol. The number of thioether (sulfide) groups is 1. The molecule has 0 radical (unpaired) electrons. The molecule has 1 rings (SSSR count). The molecule has 58 valence electrons. The molecule has 0 saturated heterocycles. The molecule has 1 heterocycles. The summed E-state index contributed by atoms with van der Waals surface area (Å²) < 4.78 is 28.9. The van der Waals surface area contributed by atoms with E-state index in [2.05, 4.69) is 0 Å². The zero-order valence-corrected chi connectivity index (χ0v) is 6.73. The SMILES string of the molecule is O=S(=O)(O)CN1C=CSC1. The molecule has 0 fully saturated rings. The van der Waals surface area contributed by atoms with Gasteiger partial charge in [-0.2, -0.15) is 8.42 Å². The second-order valence-corrected chi connectivity index (χ2v) is 4.17. The molecule has 1 N–H and O–H groups in total. The topological polar surface area (TPSA) is 57.6 Å². The Morgan fingerprint density at radius 2 is 2.40 bits per heavy atom. The van der Waals surface area contributed by atoms with Crippen LogP contribution in [0, 0.1) is 0 Å². The quantitative estimate of drug-likeness (QED) is 0.621. The molecule has 6 heteroatoms. The van der Waals surface area contributed by atoms with E-state index in [1.165, 1.54) is 16.7 Å². The Kier molecular flexibility index (Phi) is 2.22. The minimum Gasteiger partial charge on any atom is -0.351 e. The van der Waals surface area contributed by atoms with E-state index in [0.717, 1.165) is 0 Å². The van der Waals surface area contributed by atoms with Gasteiger partial charge in [0, 0.05) is 6.20 Å². The lowest BCUT2D eigenvalue weighted by Crippen LogP contribution is -2.21. The van der Waals surface area contributed by atoms with Gasteiger partial charge in [-0.25, -0.2) is 0 Å². The van der Waals surface area contributed by atoms with E-state index in [-0.39, 0.29) is 5.88 Å². The molecule has 0 spiro atoms. The molecule has 0 saturated carbocycles. The molecule has 0 unspecified atom stereocenters. The van der Waals surface area contributed by atoms with Crippen LogP contribution in [0.1, 0.15) is 0 Å². The molecule has 1 aliphatic heterocycles. The van der Waals surface area contributed by atoms with Crippen LogP contribution in [0.15, 0.2) is 11.6 Å². The average Bonchev–Trinajstić information content (AvgIpc) is 2.12. The first-order chi connectivity index (χ1) is 4.58. The van der Waals surface area contributed by atoms with Crippen LogP contribution < -0.4 is 0 Å². The predicted octanol–water partition coefficient (Wildman–Crippen LogP) is 0.309. The highest BCUT2D eigenvalue weighted by atomic mass is 32.2.